The van der Waals surface area contributed by atoms with Gasteiger partial charge in [-0.2, -0.15) is 4.37 Å². The topological polar surface area (TPSA) is 44.8 Å². The summed E-state index contributed by atoms with van der Waals surface area (Å²) < 4.78 is 18.0. The lowest BCUT2D eigenvalue weighted by Crippen LogP contribution is -2.30. The molecule has 0 saturated heterocycles. The van der Waals surface area contributed by atoms with Gasteiger partial charge in [0.15, 0.2) is 0 Å². The Morgan fingerprint density at radius 2 is 2.23 bits per heavy atom. The number of aromatic nitrogens is 3. The maximum Gasteiger partial charge on any atom is 0.205 e. The lowest BCUT2D eigenvalue weighted by molar-refractivity contribution is 0.629. The first kappa shape index (κ1) is 13.7. The zero-order valence-corrected chi connectivity index (χ0v) is 13.4. The fourth-order valence-electron chi connectivity index (χ4n) is 2.94. The van der Waals surface area contributed by atoms with Crippen molar-refractivity contribution in [2.45, 2.75) is 32.7 Å². The van der Waals surface area contributed by atoms with Crippen LogP contribution in [0.15, 0.2) is 18.2 Å². The minimum absolute atomic E-state index is 0.190. The van der Waals surface area contributed by atoms with E-state index in [1.54, 1.807) is 6.07 Å². The average Bonchev–Trinajstić information content (AvgIpc) is 3.11. The Labute approximate surface area is 132 Å². The summed E-state index contributed by atoms with van der Waals surface area (Å²) in [7, 11) is 0. The van der Waals surface area contributed by atoms with E-state index in [4.69, 9.17) is 0 Å². The van der Waals surface area contributed by atoms with Gasteiger partial charge in [-0.1, -0.05) is 13.8 Å². The number of benzene rings is 1. The van der Waals surface area contributed by atoms with E-state index in [9.17, 15) is 4.39 Å². The second-order valence-electron chi connectivity index (χ2n) is 6.03. The molecule has 6 heteroatoms. The number of nitrogens with one attached hydrogen (secondary N) is 1. The third-order valence-electron chi connectivity index (χ3n) is 4.16. The number of halogens is 1. The molecular formula is C16H17FN4S. The molecule has 3 heterocycles. The highest BCUT2D eigenvalue weighted by Crippen LogP contribution is 2.31. The second kappa shape index (κ2) is 5.05. The van der Waals surface area contributed by atoms with E-state index >= 15 is 0 Å². The molecule has 0 saturated carbocycles. The Balaban J connectivity index is 1.70. The van der Waals surface area contributed by atoms with Gasteiger partial charge in [0.25, 0.3) is 0 Å². The molecule has 22 heavy (non-hydrogen) atoms. The maximum atomic E-state index is 13.5. The summed E-state index contributed by atoms with van der Waals surface area (Å²) in [6, 6.07) is 4.94. The fraction of sp³-hybridized carbons (Fsp3) is 0.375. The van der Waals surface area contributed by atoms with Crippen molar-refractivity contribution in [2.75, 3.05) is 11.4 Å². The summed E-state index contributed by atoms with van der Waals surface area (Å²) in [6.45, 7) is 5.87. The molecule has 0 amide bonds. The number of H-pyrrole nitrogens is 1. The highest BCUT2D eigenvalue weighted by Gasteiger charge is 2.23. The van der Waals surface area contributed by atoms with Gasteiger partial charge >= 0.3 is 0 Å². The molecule has 1 aromatic carbocycles. The number of rotatable bonds is 2. The zero-order valence-electron chi connectivity index (χ0n) is 12.6. The third-order valence-corrected chi connectivity index (χ3v) is 4.95. The van der Waals surface area contributed by atoms with Crippen molar-refractivity contribution in [1.82, 2.24) is 14.3 Å². The van der Waals surface area contributed by atoms with Gasteiger partial charge in [-0.05, 0) is 18.2 Å². The molecule has 1 N–H and O–H groups in total. The molecule has 0 radical (unpaired) electrons. The molecule has 0 fully saturated rings. The molecule has 2 aromatic heterocycles. The van der Waals surface area contributed by atoms with Gasteiger partial charge in [0.05, 0.1) is 0 Å². The van der Waals surface area contributed by atoms with Gasteiger partial charge in [0, 0.05) is 59.1 Å². The molecule has 0 unspecified atom stereocenters. The standard InChI is InChI=1S/C16H17FN4S/c1-9(2)15-19-16(22-20-15)21-6-5-14-12(8-21)11-7-10(17)3-4-13(11)18-14/h3-4,7,9,18H,5-6,8H2,1-2H3. The highest BCUT2D eigenvalue weighted by molar-refractivity contribution is 7.09. The van der Waals surface area contributed by atoms with Crippen LogP contribution in [0.2, 0.25) is 0 Å². The highest BCUT2D eigenvalue weighted by atomic mass is 32.1. The Hall–Kier alpha value is -1.95. The van der Waals surface area contributed by atoms with Crippen molar-refractivity contribution in [3.05, 3.63) is 41.1 Å². The minimum Gasteiger partial charge on any atom is -0.358 e. The molecule has 114 valence electrons. The third kappa shape index (κ3) is 2.18. The SMILES string of the molecule is CC(C)c1nsc(N2CCc3[nH]c4ccc(F)cc4c3C2)n1. The van der Waals surface area contributed by atoms with E-state index in [0.717, 1.165) is 41.4 Å². The zero-order chi connectivity index (χ0) is 15.3. The quantitative estimate of drug-likeness (QED) is 0.781. The molecule has 0 aliphatic carbocycles. The van der Waals surface area contributed by atoms with E-state index in [1.807, 2.05) is 6.07 Å². The van der Waals surface area contributed by atoms with Crippen molar-refractivity contribution in [2.24, 2.45) is 0 Å². The largest absolute Gasteiger partial charge is 0.358 e. The van der Waals surface area contributed by atoms with E-state index in [0.29, 0.717) is 5.92 Å². The van der Waals surface area contributed by atoms with Crippen LogP contribution < -0.4 is 4.90 Å². The molecule has 3 aromatic rings. The molecule has 0 atom stereocenters. The van der Waals surface area contributed by atoms with Crippen LogP contribution in [0.25, 0.3) is 10.9 Å². The normalized spacial score (nSPS) is 14.8. The summed E-state index contributed by atoms with van der Waals surface area (Å²) in [5.41, 5.74) is 3.40. The average molecular weight is 316 g/mol. The summed E-state index contributed by atoms with van der Waals surface area (Å²) in [6.07, 6.45) is 0.919. The Morgan fingerprint density at radius 1 is 1.36 bits per heavy atom. The summed E-state index contributed by atoms with van der Waals surface area (Å²) in [5, 5.41) is 1.94. The van der Waals surface area contributed by atoms with E-state index in [1.165, 1.54) is 28.9 Å². The first-order chi connectivity index (χ1) is 10.6. The maximum absolute atomic E-state index is 13.5. The molecule has 0 bridgehead atoms. The predicted octanol–water partition coefficient (Wildman–Crippen LogP) is 3.84. The van der Waals surface area contributed by atoms with Crippen molar-refractivity contribution in [3.63, 3.8) is 0 Å². The van der Waals surface area contributed by atoms with Gasteiger partial charge in [0.1, 0.15) is 11.6 Å². The summed E-state index contributed by atoms with van der Waals surface area (Å²) in [5.74, 6) is 1.05. The first-order valence-corrected chi connectivity index (χ1v) is 8.26. The second-order valence-corrected chi connectivity index (χ2v) is 6.76. The van der Waals surface area contributed by atoms with E-state index in [2.05, 4.69) is 33.1 Å². The number of aromatic amines is 1. The van der Waals surface area contributed by atoms with Crippen molar-refractivity contribution >= 4 is 27.6 Å². The molecule has 4 nitrogen and oxygen atoms in total. The van der Waals surface area contributed by atoms with Crippen LogP contribution in [0.5, 0.6) is 0 Å². The van der Waals surface area contributed by atoms with Crippen molar-refractivity contribution < 1.29 is 4.39 Å². The molecule has 0 spiro atoms. The van der Waals surface area contributed by atoms with Crippen LogP contribution in [0.4, 0.5) is 9.52 Å². The van der Waals surface area contributed by atoms with Gasteiger partial charge in [-0.15, -0.1) is 0 Å². The van der Waals surface area contributed by atoms with Crippen molar-refractivity contribution in [3.8, 4) is 0 Å². The molecule has 1 aliphatic heterocycles. The molecule has 1 aliphatic rings. The number of nitrogens with zero attached hydrogens (tertiary/aromatic N) is 3. The number of hydrogen-bond acceptors (Lipinski definition) is 4. The Morgan fingerprint density at radius 3 is 3.00 bits per heavy atom. The number of fused-ring (bicyclic) bond motifs is 3. The molecular weight excluding hydrogens is 299 g/mol. The van der Waals surface area contributed by atoms with Gasteiger partial charge in [-0.3, -0.25) is 0 Å². The van der Waals surface area contributed by atoms with Crippen LogP contribution in [-0.2, 0) is 13.0 Å². The lowest BCUT2D eigenvalue weighted by Gasteiger charge is -2.26. The monoisotopic (exact) mass is 316 g/mol. The Bertz CT molecular complexity index is 836. The van der Waals surface area contributed by atoms with E-state index in [-0.39, 0.29) is 5.82 Å². The number of hydrogen-bond donors (Lipinski definition) is 1. The lowest BCUT2D eigenvalue weighted by atomic mass is 10.0. The summed E-state index contributed by atoms with van der Waals surface area (Å²) >= 11 is 1.45. The van der Waals surface area contributed by atoms with Gasteiger partial charge < -0.3 is 9.88 Å². The van der Waals surface area contributed by atoms with Gasteiger partial charge in [0.2, 0.25) is 5.13 Å². The Kier molecular flexibility index (Phi) is 3.14. The molecule has 4 rings (SSSR count). The fourth-order valence-corrected chi connectivity index (χ4v) is 3.77. The number of anilines is 1. The van der Waals surface area contributed by atoms with E-state index < -0.39 is 0 Å². The predicted molar refractivity (Wildman–Crippen MR) is 87.0 cm³/mol. The van der Waals surface area contributed by atoms with Crippen LogP contribution in [-0.4, -0.2) is 20.9 Å². The van der Waals surface area contributed by atoms with Crippen LogP contribution in [0.1, 0.15) is 36.8 Å². The van der Waals surface area contributed by atoms with Gasteiger partial charge in [-0.25, -0.2) is 9.37 Å². The van der Waals surface area contributed by atoms with Crippen LogP contribution >= 0.6 is 11.5 Å². The van der Waals surface area contributed by atoms with Crippen LogP contribution in [0.3, 0.4) is 0 Å². The van der Waals surface area contributed by atoms with Crippen LogP contribution in [0, 0.1) is 5.82 Å². The van der Waals surface area contributed by atoms with Crippen molar-refractivity contribution in [1.29, 1.82) is 0 Å². The minimum atomic E-state index is -0.190. The first-order valence-electron chi connectivity index (χ1n) is 7.49. The smallest absolute Gasteiger partial charge is 0.205 e. The summed E-state index contributed by atoms with van der Waals surface area (Å²) in [4.78, 5) is 10.3.